The van der Waals surface area contributed by atoms with E-state index in [1.54, 1.807) is 0 Å². The lowest BCUT2D eigenvalue weighted by molar-refractivity contribution is 0.00493. The van der Waals surface area contributed by atoms with Gasteiger partial charge >= 0.3 is 0 Å². The summed E-state index contributed by atoms with van der Waals surface area (Å²) in [5.41, 5.74) is -0.473. The first-order valence-corrected chi connectivity index (χ1v) is 7.94. The fourth-order valence-corrected chi connectivity index (χ4v) is 2.51. The largest absolute Gasteiger partial charge is 0.393 e. The molecule has 1 atom stereocenters. The third-order valence-corrected chi connectivity index (χ3v) is 3.76. The van der Waals surface area contributed by atoms with Gasteiger partial charge in [-0.3, -0.25) is 0 Å². The van der Waals surface area contributed by atoms with Crippen LogP contribution in [0.25, 0.3) is 0 Å². The van der Waals surface area contributed by atoms with Crippen LogP contribution < -0.4 is 0 Å². The molecular weight excluding hydrogens is 224 g/mol. The second kappa shape index (κ2) is 10.8. The normalized spacial score (nSPS) is 13.8. The number of hydrogen-bond acceptors (Lipinski definition) is 2. The summed E-state index contributed by atoms with van der Waals surface area (Å²) in [6, 6.07) is 0. The van der Waals surface area contributed by atoms with Gasteiger partial charge in [-0.05, 0) is 39.0 Å². The highest BCUT2D eigenvalue weighted by Crippen LogP contribution is 2.28. The van der Waals surface area contributed by atoms with Gasteiger partial charge in [0.05, 0.1) is 11.7 Å². The van der Waals surface area contributed by atoms with Crippen molar-refractivity contribution in [3.63, 3.8) is 0 Å². The minimum Gasteiger partial charge on any atom is -0.393 e. The molecular formula is C16H34O2. The number of hydrogen-bond donors (Lipinski definition) is 2. The molecule has 0 bridgehead atoms. The minimum absolute atomic E-state index is 0.236. The van der Waals surface area contributed by atoms with Crippen LogP contribution in [0.15, 0.2) is 0 Å². The van der Waals surface area contributed by atoms with E-state index < -0.39 is 5.60 Å². The Morgan fingerprint density at radius 2 is 1.28 bits per heavy atom. The lowest BCUT2D eigenvalue weighted by Crippen LogP contribution is -2.29. The predicted molar refractivity (Wildman–Crippen MR) is 78.8 cm³/mol. The van der Waals surface area contributed by atoms with E-state index in [0.29, 0.717) is 0 Å². The van der Waals surface area contributed by atoms with Crippen LogP contribution in [0, 0.1) is 0 Å². The smallest absolute Gasteiger partial charge is 0.0647 e. The zero-order valence-electron chi connectivity index (χ0n) is 12.7. The van der Waals surface area contributed by atoms with Gasteiger partial charge in [0.15, 0.2) is 0 Å². The van der Waals surface area contributed by atoms with Gasteiger partial charge in [-0.25, -0.2) is 0 Å². The molecule has 0 aromatic carbocycles. The maximum atomic E-state index is 10.7. The van der Waals surface area contributed by atoms with Crippen molar-refractivity contribution >= 4 is 0 Å². The van der Waals surface area contributed by atoms with Crippen molar-refractivity contribution in [2.45, 2.75) is 103 Å². The van der Waals surface area contributed by atoms with Crippen molar-refractivity contribution in [1.29, 1.82) is 0 Å². The molecule has 110 valence electrons. The Morgan fingerprint density at radius 3 is 1.67 bits per heavy atom. The van der Waals surface area contributed by atoms with Crippen molar-refractivity contribution in [3.8, 4) is 0 Å². The molecule has 0 rings (SSSR count). The second-order valence-corrected chi connectivity index (χ2v) is 5.88. The van der Waals surface area contributed by atoms with Crippen LogP contribution in [-0.2, 0) is 0 Å². The van der Waals surface area contributed by atoms with Gasteiger partial charge in [0, 0.05) is 0 Å². The van der Waals surface area contributed by atoms with Gasteiger partial charge in [0.1, 0.15) is 0 Å². The van der Waals surface area contributed by atoms with E-state index in [9.17, 15) is 10.2 Å². The molecule has 2 nitrogen and oxygen atoms in total. The summed E-state index contributed by atoms with van der Waals surface area (Å²) >= 11 is 0. The highest BCUT2D eigenvalue weighted by molar-refractivity contribution is 4.78. The summed E-state index contributed by atoms with van der Waals surface area (Å²) < 4.78 is 0. The summed E-state index contributed by atoms with van der Waals surface area (Å²) in [6.07, 6.45) is 11.3. The van der Waals surface area contributed by atoms with Crippen molar-refractivity contribution < 1.29 is 10.2 Å². The van der Waals surface area contributed by atoms with E-state index >= 15 is 0 Å². The molecule has 0 spiro atoms. The summed E-state index contributed by atoms with van der Waals surface area (Å²) in [4.78, 5) is 0. The average molecular weight is 258 g/mol. The molecule has 0 heterocycles. The van der Waals surface area contributed by atoms with Crippen molar-refractivity contribution in [1.82, 2.24) is 0 Å². The lowest BCUT2D eigenvalue weighted by atomic mass is 9.85. The van der Waals surface area contributed by atoms with Gasteiger partial charge in [-0.15, -0.1) is 0 Å². The van der Waals surface area contributed by atoms with Gasteiger partial charge in [-0.1, -0.05) is 52.4 Å². The Morgan fingerprint density at radius 1 is 0.833 bits per heavy atom. The van der Waals surface area contributed by atoms with Gasteiger partial charge in [-0.2, -0.15) is 0 Å². The molecule has 0 saturated heterocycles. The first kappa shape index (κ1) is 17.9. The Hall–Kier alpha value is -0.0800. The topological polar surface area (TPSA) is 40.5 Å². The summed E-state index contributed by atoms with van der Waals surface area (Å²) in [7, 11) is 0. The molecule has 18 heavy (non-hydrogen) atoms. The molecule has 0 aliphatic carbocycles. The van der Waals surface area contributed by atoms with Crippen LogP contribution in [0.2, 0.25) is 0 Å². The van der Waals surface area contributed by atoms with Crippen molar-refractivity contribution in [3.05, 3.63) is 0 Å². The molecule has 0 saturated carbocycles. The van der Waals surface area contributed by atoms with Crippen LogP contribution in [0.4, 0.5) is 0 Å². The molecule has 0 aliphatic rings. The molecule has 0 amide bonds. The van der Waals surface area contributed by atoms with E-state index in [0.717, 1.165) is 44.9 Å². The molecule has 1 unspecified atom stereocenters. The third kappa shape index (κ3) is 9.90. The highest BCUT2D eigenvalue weighted by atomic mass is 16.3. The van der Waals surface area contributed by atoms with Crippen LogP contribution in [0.1, 0.15) is 91.4 Å². The third-order valence-electron chi connectivity index (χ3n) is 3.76. The highest BCUT2D eigenvalue weighted by Gasteiger charge is 2.25. The van der Waals surface area contributed by atoms with Crippen LogP contribution in [0.5, 0.6) is 0 Å². The number of unbranched alkanes of at least 4 members (excludes halogenated alkanes) is 4. The van der Waals surface area contributed by atoms with E-state index in [-0.39, 0.29) is 6.10 Å². The molecule has 0 fully saturated rings. The zero-order chi connectivity index (χ0) is 13.9. The number of aliphatic hydroxyl groups excluding tert-OH is 1. The maximum Gasteiger partial charge on any atom is 0.0647 e. The Bertz CT molecular complexity index is 168. The van der Waals surface area contributed by atoms with E-state index in [1.807, 2.05) is 6.92 Å². The first-order chi connectivity index (χ1) is 8.54. The second-order valence-electron chi connectivity index (χ2n) is 5.88. The fourth-order valence-electron chi connectivity index (χ4n) is 2.51. The summed E-state index contributed by atoms with van der Waals surface area (Å²) in [5.74, 6) is 0. The monoisotopic (exact) mass is 258 g/mol. The zero-order valence-corrected chi connectivity index (χ0v) is 12.7. The van der Waals surface area contributed by atoms with E-state index in [4.69, 9.17) is 0 Å². The summed E-state index contributed by atoms with van der Waals surface area (Å²) in [5, 5.41) is 20.0. The molecule has 0 radical (unpaired) electrons. The average Bonchev–Trinajstić information content (AvgIpc) is 2.29. The maximum absolute atomic E-state index is 10.7. The molecule has 0 aromatic heterocycles. The predicted octanol–water partition coefficient (Wildman–Crippen LogP) is 4.43. The van der Waals surface area contributed by atoms with Gasteiger partial charge < -0.3 is 10.2 Å². The number of rotatable bonds is 12. The SMILES string of the molecule is CCCCCC(O)(CCCCC)CCCC(C)O. The molecule has 0 aliphatic heterocycles. The Labute approximate surface area is 114 Å². The Balaban J connectivity index is 4.02. The molecule has 2 N–H and O–H groups in total. The van der Waals surface area contributed by atoms with Gasteiger partial charge in [0.25, 0.3) is 0 Å². The van der Waals surface area contributed by atoms with Crippen molar-refractivity contribution in [2.24, 2.45) is 0 Å². The van der Waals surface area contributed by atoms with Crippen molar-refractivity contribution in [2.75, 3.05) is 0 Å². The van der Waals surface area contributed by atoms with E-state index in [2.05, 4.69) is 13.8 Å². The number of aliphatic hydroxyl groups is 2. The Kier molecular flexibility index (Phi) is 10.8. The standard InChI is InChI=1S/C16H34O2/c1-4-6-8-12-16(18,13-9-7-5-2)14-10-11-15(3)17/h15,17-18H,4-14H2,1-3H3. The summed E-state index contributed by atoms with van der Waals surface area (Å²) in [6.45, 7) is 6.22. The quantitative estimate of drug-likeness (QED) is 0.508. The molecule has 0 aromatic rings. The minimum atomic E-state index is -0.473. The van der Waals surface area contributed by atoms with Gasteiger partial charge in [0.2, 0.25) is 0 Å². The fraction of sp³-hybridized carbons (Fsp3) is 1.00. The molecule has 2 heteroatoms. The first-order valence-electron chi connectivity index (χ1n) is 7.94. The van der Waals surface area contributed by atoms with Crippen LogP contribution in [-0.4, -0.2) is 21.9 Å². The van der Waals surface area contributed by atoms with E-state index in [1.165, 1.54) is 25.7 Å². The van der Waals surface area contributed by atoms with Crippen LogP contribution in [0.3, 0.4) is 0 Å². The lowest BCUT2D eigenvalue weighted by Gasteiger charge is -2.29. The van der Waals surface area contributed by atoms with Crippen LogP contribution >= 0.6 is 0 Å².